The molecule has 2 aliphatic rings. The van der Waals surface area contributed by atoms with Gasteiger partial charge in [-0.2, -0.15) is 4.98 Å². The summed E-state index contributed by atoms with van der Waals surface area (Å²) < 4.78 is 5.44. The van der Waals surface area contributed by atoms with Gasteiger partial charge in [0.2, 0.25) is 5.95 Å². The molecular formula is C21H25N7O. The molecule has 5 rings (SSSR count). The number of rotatable bonds is 4. The standard InChI is InChI=1S/C21H25N7O/c1-26(19-6-8-22-21(25-19)27-10-12-29-13-11-27)16-7-9-28(15-16)20-14-23-17-4-2-3-5-18(17)24-20/h2-6,8,14,16H,7,9-13,15H2,1H3. The molecule has 0 spiro atoms. The molecule has 0 radical (unpaired) electrons. The summed E-state index contributed by atoms with van der Waals surface area (Å²) in [6.45, 7) is 5.00. The Bertz CT molecular complexity index is 991. The van der Waals surface area contributed by atoms with Gasteiger partial charge in [-0.1, -0.05) is 12.1 Å². The van der Waals surface area contributed by atoms with E-state index in [0.717, 1.165) is 74.4 Å². The molecule has 0 N–H and O–H groups in total. The number of fused-ring (bicyclic) bond motifs is 1. The van der Waals surface area contributed by atoms with Crippen molar-refractivity contribution >= 4 is 28.6 Å². The molecule has 8 heteroatoms. The van der Waals surface area contributed by atoms with Gasteiger partial charge in [0.25, 0.3) is 0 Å². The van der Waals surface area contributed by atoms with Crippen LogP contribution in [-0.4, -0.2) is 72.4 Å². The number of anilines is 3. The molecule has 0 bridgehead atoms. The molecule has 1 atom stereocenters. The van der Waals surface area contributed by atoms with Crippen LogP contribution in [0, 0.1) is 0 Å². The SMILES string of the molecule is CN(c1ccnc(N2CCOCC2)n1)C1CCN(c2cnc3ccccc3n2)C1. The van der Waals surface area contributed by atoms with E-state index in [1.807, 2.05) is 42.7 Å². The van der Waals surface area contributed by atoms with E-state index in [2.05, 4.69) is 31.7 Å². The Morgan fingerprint density at radius 2 is 1.79 bits per heavy atom. The first-order valence-corrected chi connectivity index (χ1v) is 10.1. The van der Waals surface area contributed by atoms with Crippen molar-refractivity contribution in [3.63, 3.8) is 0 Å². The minimum absolute atomic E-state index is 0.371. The molecule has 2 saturated heterocycles. The van der Waals surface area contributed by atoms with Crippen molar-refractivity contribution in [2.75, 3.05) is 61.1 Å². The van der Waals surface area contributed by atoms with Gasteiger partial charge in [0.1, 0.15) is 11.6 Å². The summed E-state index contributed by atoms with van der Waals surface area (Å²) >= 11 is 0. The van der Waals surface area contributed by atoms with Crippen molar-refractivity contribution in [1.29, 1.82) is 0 Å². The maximum Gasteiger partial charge on any atom is 0.227 e. The summed E-state index contributed by atoms with van der Waals surface area (Å²) in [5, 5.41) is 0. The molecule has 0 amide bonds. The van der Waals surface area contributed by atoms with Crippen LogP contribution < -0.4 is 14.7 Å². The zero-order valence-electron chi connectivity index (χ0n) is 16.6. The fourth-order valence-corrected chi connectivity index (χ4v) is 4.00. The Hall–Kier alpha value is -3.00. The Morgan fingerprint density at radius 1 is 0.966 bits per heavy atom. The zero-order chi connectivity index (χ0) is 19.6. The lowest BCUT2D eigenvalue weighted by atomic mass is 10.2. The quantitative estimate of drug-likeness (QED) is 0.669. The Balaban J connectivity index is 1.30. The maximum absolute atomic E-state index is 5.44. The highest BCUT2D eigenvalue weighted by atomic mass is 16.5. The average molecular weight is 391 g/mol. The minimum atomic E-state index is 0.371. The molecule has 8 nitrogen and oxygen atoms in total. The predicted molar refractivity (Wildman–Crippen MR) is 114 cm³/mol. The first-order chi connectivity index (χ1) is 14.3. The Kier molecular flexibility index (Phi) is 4.85. The highest BCUT2D eigenvalue weighted by Gasteiger charge is 2.28. The van der Waals surface area contributed by atoms with Gasteiger partial charge in [0.05, 0.1) is 30.4 Å². The molecule has 1 aromatic carbocycles. The maximum atomic E-state index is 5.44. The van der Waals surface area contributed by atoms with Crippen LogP contribution in [0.4, 0.5) is 17.6 Å². The predicted octanol–water partition coefficient (Wildman–Crippen LogP) is 1.97. The van der Waals surface area contributed by atoms with Crippen molar-refractivity contribution in [3.05, 3.63) is 42.7 Å². The molecular weight excluding hydrogens is 366 g/mol. The molecule has 2 aromatic heterocycles. The smallest absolute Gasteiger partial charge is 0.227 e. The topological polar surface area (TPSA) is 70.5 Å². The van der Waals surface area contributed by atoms with Crippen LogP contribution in [0.3, 0.4) is 0 Å². The number of likely N-dealkylation sites (N-methyl/N-ethyl adjacent to an activating group) is 1. The van der Waals surface area contributed by atoms with Crippen molar-refractivity contribution < 1.29 is 4.74 Å². The number of nitrogens with zero attached hydrogens (tertiary/aromatic N) is 7. The van der Waals surface area contributed by atoms with E-state index in [-0.39, 0.29) is 0 Å². The number of benzene rings is 1. The molecule has 150 valence electrons. The van der Waals surface area contributed by atoms with Crippen LogP contribution in [0.2, 0.25) is 0 Å². The molecule has 0 saturated carbocycles. The van der Waals surface area contributed by atoms with Gasteiger partial charge in [-0.25, -0.2) is 9.97 Å². The van der Waals surface area contributed by atoms with E-state index in [9.17, 15) is 0 Å². The van der Waals surface area contributed by atoms with Crippen LogP contribution in [0.25, 0.3) is 11.0 Å². The van der Waals surface area contributed by atoms with Gasteiger partial charge in [0, 0.05) is 45.5 Å². The summed E-state index contributed by atoms with van der Waals surface area (Å²) in [6, 6.07) is 10.4. The summed E-state index contributed by atoms with van der Waals surface area (Å²) in [4.78, 5) is 25.4. The molecule has 2 fully saturated rings. The number of ether oxygens (including phenoxy) is 1. The number of para-hydroxylation sites is 2. The van der Waals surface area contributed by atoms with E-state index in [4.69, 9.17) is 14.7 Å². The van der Waals surface area contributed by atoms with Crippen LogP contribution in [0.15, 0.2) is 42.7 Å². The average Bonchev–Trinajstić information content (AvgIpc) is 3.29. The monoisotopic (exact) mass is 391 g/mol. The molecule has 3 aromatic rings. The normalized spacial score (nSPS) is 19.7. The molecule has 2 aliphatic heterocycles. The van der Waals surface area contributed by atoms with E-state index >= 15 is 0 Å². The molecule has 4 heterocycles. The summed E-state index contributed by atoms with van der Waals surface area (Å²) in [5.41, 5.74) is 1.87. The van der Waals surface area contributed by atoms with E-state index in [1.165, 1.54) is 0 Å². The fraction of sp³-hybridized carbons (Fsp3) is 0.429. The van der Waals surface area contributed by atoms with Gasteiger partial charge in [-0.15, -0.1) is 0 Å². The van der Waals surface area contributed by atoms with Crippen LogP contribution >= 0.6 is 0 Å². The van der Waals surface area contributed by atoms with Crippen molar-refractivity contribution in [2.24, 2.45) is 0 Å². The van der Waals surface area contributed by atoms with E-state index < -0.39 is 0 Å². The van der Waals surface area contributed by atoms with Crippen LogP contribution in [0.5, 0.6) is 0 Å². The van der Waals surface area contributed by atoms with Crippen molar-refractivity contribution in [2.45, 2.75) is 12.5 Å². The number of hydrogen-bond donors (Lipinski definition) is 0. The van der Waals surface area contributed by atoms with Gasteiger partial charge in [-0.3, -0.25) is 4.98 Å². The Morgan fingerprint density at radius 3 is 2.66 bits per heavy atom. The molecule has 0 aliphatic carbocycles. The third kappa shape index (κ3) is 3.67. The lowest BCUT2D eigenvalue weighted by Crippen LogP contribution is -2.38. The lowest BCUT2D eigenvalue weighted by Gasteiger charge is -2.29. The highest BCUT2D eigenvalue weighted by molar-refractivity contribution is 5.75. The van der Waals surface area contributed by atoms with Crippen molar-refractivity contribution in [3.8, 4) is 0 Å². The van der Waals surface area contributed by atoms with Gasteiger partial charge in [-0.05, 0) is 24.6 Å². The minimum Gasteiger partial charge on any atom is -0.378 e. The number of hydrogen-bond acceptors (Lipinski definition) is 8. The van der Waals surface area contributed by atoms with Gasteiger partial charge >= 0.3 is 0 Å². The second-order valence-electron chi connectivity index (χ2n) is 7.53. The highest BCUT2D eigenvalue weighted by Crippen LogP contribution is 2.25. The van der Waals surface area contributed by atoms with Gasteiger partial charge in [0.15, 0.2) is 0 Å². The number of aromatic nitrogens is 4. The van der Waals surface area contributed by atoms with Crippen molar-refractivity contribution in [1.82, 2.24) is 19.9 Å². The first kappa shape index (κ1) is 18.1. The molecule has 1 unspecified atom stereocenters. The summed E-state index contributed by atoms with van der Waals surface area (Å²) in [6.07, 6.45) is 4.79. The third-order valence-corrected chi connectivity index (χ3v) is 5.75. The summed E-state index contributed by atoms with van der Waals surface area (Å²) in [7, 11) is 2.12. The van der Waals surface area contributed by atoms with E-state index in [1.54, 1.807) is 0 Å². The first-order valence-electron chi connectivity index (χ1n) is 10.1. The zero-order valence-corrected chi connectivity index (χ0v) is 16.6. The summed E-state index contributed by atoms with van der Waals surface area (Å²) in [5.74, 6) is 2.68. The largest absolute Gasteiger partial charge is 0.378 e. The second kappa shape index (κ2) is 7.79. The lowest BCUT2D eigenvalue weighted by molar-refractivity contribution is 0.122. The van der Waals surface area contributed by atoms with Gasteiger partial charge < -0.3 is 19.4 Å². The fourth-order valence-electron chi connectivity index (χ4n) is 4.00. The van der Waals surface area contributed by atoms with Crippen LogP contribution in [0.1, 0.15) is 6.42 Å². The second-order valence-corrected chi connectivity index (χ2v) is 7.53. The number of morpholine rings is 1. The van der Waals surface area contributed by atoms with Crippen LogP contribution in [-0.2, 0) is 4.74 Å². The molecule has 29 heavy (non-hydrogen) atoms. The Labute approximate surface area is 170 Å². The van der Waals surface area contributed by atoms with E-state index in [0.29, 0.717) is 6.04 Å². The third-order valence-electron chi connectivity index (χ3n) is 5.75.